The second-order valence-electron chi connectivity index (χ2n) is 4.84. The number of para-hydroxylation sites is 1. The van der Waals surface area contributed by atoms with E-state index in [1.165, 1.54) is 16.5 Å². The van der Waals surface area contributed by atoms with Crippen molar-refractivity contribution in [1.82, 2.24) is 4.98 Å². The third kappa shape index (κ3) is 1.54. The molecule has 0 atom stereocenters. The molecule has 0 saturated heterocycles. The van der Waals surface area contributed by atoms with Gasteiger partial charge in [-0.3, -0.25) is 0 Å². The van der Waals surface area contributed by atoms with E-state index in [4.69, 9.17) is 0 Å². The predicted octanol–water partition coefficient (Wildman–Crippen LogP) is 3.08. The molecule has 1 saturated carbocycles. The number of nitrogens with one attached hydrogen (secondary N) is 1. The molecule has 0 amide bonds. The summed E-state index contributed by atoms with van der Waals surface area (Å²) in [6.45, 7) is 0. The van der Waals surface area contributed by atoms with Gasteiger partial charge in [0, 0.05) is 22.5 Å². The summed E-state index contributed by atoms with van der Waals surface area (Å²) >= 11 is 0. The Hall–Kier alpha value is -1.57. The number of aldehydes is 1. The van der Waals surface area contributed by atoms with E-state index in [9.17, 15) is 4.79 Å². The molecule has 2 heteroatoms. The number of rotatable bonds is 4. The highest BCUT2D eigenvalue weighted by atomic mass is 16.1. The Morgan fingerprint density at radius 3 is 2.88 bits per heavy atom. The summed E-state index contributed by atoms with van der Waals surface area (Å²) in [5.41, 5.74) is 2.55. The Kier molecular flexibility index (Phi) is 2.10. The van der Waals surface area contributed by atoms with Crippen molar-refractivity contribution >= 4 is 17.2 Å². The van der Waals surface area contributed by atoms with Gasteiger partial charge in [0.15, 0.2) is 0 Å². The zero-order valence-electron chi connectivity index (χ0n) is 9.20. The molecule has 0 aliphatic heterocycles. The lowest BCUT2D eigenvalue weighted by atomic mass is 9.98. The predicted molar refractivity (Wildman–Crippen MR) is 64.4 cm³/mol. The van der Waals surface area contributed by atoms with Gasteiger partial charge in [-0.15, -0.1) is 0 Å². The second-order valence-corrected chi connectivity index (χ2v) is 4.84. The van der Waals surface area contributed by atoms with Gasteiger partial charge < -0.3 is 9.78 Å². The molecule has 0 spiro atoms. The fourth-order valence-corrected chi connectivity index (χ4v) is 2.31. The van der Waals surface area contributed by atoms with E-state index in [2.05, 4.69) is 29.4 Å². The summed E-state index contributed by atoms with van der Waals surface area (Å²) in [5.74, 6) is 0. The topological polar surface area (TPSA) is 32.9 Å². The normalized spacial score (nSPS) is 17.5. The van der Waals surface area contributed by atoms with Gasteiger partial charge in [-0.1, -0.05) is 18.2 Å². The van der Waals surface area contributed by atoms with Crippen LogP contribution < -0.4 is 0 Å². The highest BCUT2D eigenvalue weighted by Crippen LogP contribution is 2.47. The first-order valence-corrected chi connectivity index (χ1v) is 5.84. The maximum absolute atomic E-state index is 10.9. The number of aromatic nitrogens is 1. The van der Waals surface area contributed by atoms with Gasteiger partial charge in [-0.25, -0.2) is 0 Å². The highest BCUT2D eigenvalue weighted by Gasteiger charge is 2.41. The molecule has 2 aromatic rings. The molecular formula is C14H15NO. The van der Waals surface area contributed by atoms with Crippen LogP contribution in [0.5, 0.6) is 0 Å². The van der Waals surface area contributed by atoms with E-state index in [0.717, 1.165) is 32.0 Å². The molecule has 1 aromatic heterocycles. The number of aryl methyl sites for hydroxylation is 1. The van der Waals surface area contributed by atoms with Crippen LogP contribution in [0, 0.1) is 5.41 Å². The molecule has 0 unspecified atom stereocenters. The van der Waals surface area contributed by atoms with Crippen LogP contribution in [0.4, 0.5) is 0 Å². The Bertz CT molecular complexity index is 522. The van der Waals surface area contributed by atoms with Gasteiger partial charge in [0.25, 0.3) is 0 Å². The van der Waals surface area contributed by atoms with Crippen molar-refractivity contribution in [2.24, 2.45) is 5.41 Å². The van der Waals surface area contributed by atoms with Crippen LogP contribution in [0.3, 0.4) is 0 Å². The first-order valence-electron chi connectivity index (χ1n) is 5.84. The van der Waals surface area contributed by atoms with Gasteiger partial charge in [0.05, 0.1) is 0 Å². The lowest BCUT2D eigenvalue weighted by molar-refractivity contribution is -0.112. The summed E-state index contributed by atoms with van der Waals surface area (Å²) < 4.78 is 0. The molecule has 1 heterocycles. The van der Waals surface area contributed by atoms with Crippen molar-refractivity contribution < 1.29 is 4.79 Å². The lowest BCUT2D eigenvalue weighted by Gasteiger charge is -2.05. The number of aromatic amines is 1. The summed E-state index contributed by atoms with van der Waals surface area (Å²) in [6.07, 6.45) is 7.40. The van der Waals surface area contributed by atoms with Gasteiger partial charge in [0.2, 0.25) is 0 Å². The standard InChI is InChI=1S/C14H15NO/c16-10-14(7-8-14)6-5-11-9-15-13-4-2-1-3-12(11)13/h1-4,9-10,15H,5-8H2. The number of fused-ring (bicyclic) bond motifs is 1. The molecule has 3 rings (SSSR count). The quantitative estimate of drug-likeness (QED) is 0.778. The maximum Gasteiger partial charge on any atom is 0.126 e. The van der Waals surface area contributed by atoms with Gasteiger partial charge in [-0.2, -0.15) is 0 Å². The monoisotopic (exact) mass is 213 g/mol. The van der Waals surface area contributed by atoms with E-state index in [0.29, 0.717) is 0 Å². The Morgan fingerprint density at radius 1 is 1.31 bits per heavy atom. The highest BCUT2D eigenvalue weighted by molar-refractivity contribution is 5.83. The molecule has 1 fully saturated rings. The van der Waals surface area contributed by atoms with Crippen LogP contribution in [0.2, 0.25) is 0 Å². The second kappa shape index (κ2) is 3.48. The molecule has 16 heavy (non-hydrogen) atoms. The minimum atomic E-state index is 0.0262. The zero-order valence-corrected chi connectivity index (χ0v) is 9.20. The molecule has 0 radical (unpaired) electrons. The lowest BCUT2D eigenvalue weighted by Crippen LogP contribution is -2.03. The van der Waals surface area contributed by atoms with Crippen LogP contribution in [0.1, 0.15) is 24.8 Å². The summed E-state index contributed by atoms with van der Waals surface area (Å²) in [7, 11) is 0. The molecule has 1 aliphatic carbocycles. The first kappa shape index (κ1) is 9.64. The SMILES string of the molecule is O=CC1(CCc2c[nH]c3ccccc23)CC1. The summed E-state index contributed by atoms with van der Waals surface area (Å²) in [6, 6.07) is 8.33. The first-order chi connectivity index (χ1) is 7.83. The van der Waals surface area contributed by atoms with Crippen molar-refractivity contribution in [2.45, 2.75) is 25.7 Å². The van der Waals surface area contributed by atoms with Crippen LogP contribution in [-0.4, -0.2) is 11.3 Å². The van der Waals surface area contributed by atoms with Crippen molar-refractivity contribution in [3.8, 4) is 0 Å². The maximum atomic E-state index is 10.9. The molecule has 2 nitrogen and oxygen atoms in total. The van der Waals surface area contributed by atoms with Crippen LogP contribution >= 0.6 is 0 Å². The molecule has 1 aliphatic rings. The molecule has 82 valence electrons. The number of H-pyrrole nitrogens is 1. The van der Waals surface area contributed by atoms with Gasteiger partial charge >= 0.3 is 0 Å². The Morgan fingerprint density at radius 2 is 2.12 bits per heavy atom. The van der Waals surface area contributed by atoms with Crippen molar-refractivity contribution in [3.05, 3.63) is 36.0 Å². The fourth-order valence-electron chi connectivity index (χ4n) is 2.31. The van der Waals surface area contributed by atoms with E-state index in [1.54, 1.807) is 0 Å². The van der Waals surface area contributed by atoms with E-state index in [-0.39, 0.29) is 5.41 Å². The molecule has 1 aromatic carbocycles. The molecule has 1 N–H and O–H groups in total. The minimum absolute atomic E-state index is 0.0262. The third-order valence-electron chi connectivity index (χ3n) is 3.71. The van der Waals surface area contributed by atoms with Crippen molar-refractivity contribution in [1.29, 1.82) is 0 Å². The van der Waals surface area contributed by atoms with Crippen LogP contribution in [-0.2, 0) is 11.2 Å². The summed E-state index contributed by atoms with van der Waals surface area (Å²) in [5, 5.41) is 1.30. The summed E-state index contributed by atoms with van der Waals surface area (Å²) in [4.78, 5) is 14.2. The number of hydrogen-bond acceptors (Lipinski definition) is 1. The third-order valence-corrected chi connectivity index (χ3v) is 3.71. The van der Waals surface area contributed by atoms with Crippen LogP contribution in [0.25, 0.3) is 10.9 Å². The number of carbonyl (C=O) groups excluding carboxylic acids is 1. The number of carbonyl (C=O) groups is 1. The molecular weight excluding hydrogens is 198 g/mol. The Labute approximate surface area is 94.7 Å². The van der Waals surface area contributed by atoms with Crippen LogP contribution in [0.15, 0.2) is 30.5 Å². The number of benzene rings is 1. The average Bonchev–Trinajstić information content (AvgIpc) is 3.01. The van der Waals surface area contributed by atoms with Crippen molar-refractivity contribution in [3.63, 3.8) is 0 Å². The number of hydrogen-bond donors (Lipinski definition) is 1. The Balaban J connectivity index is 1.82. The van der Waals surface area contributed by atoms with E-state index >= 15 is 0 Å². The molecule has 0 bridgehead atoms. The fraction of sp³-hybridized carbons (Fsp3) is 0.357. The zero-order chi connectivity index (χ0) is 11.0. The van der Waals surface area contributed by atoms with Crippen molar-refractivity contribution in [2.75, 3.05) is 0 Å². The largest absolute Gasteiger partial charge is 0.361 e. The smallest absolute Gasteiger partial charge is 0.126 e. The van der Waals surface area contributed by atoms with Gasteiger partial charge in [-0.05, 0) is 37.3 Å². The van der Waals surface area contributed by atoms with E-state index in [1.807, 2.05) is 6.07 Å². The van der Waals surface area contributed by atoms with E-state index < -0.39 is 0 Å². The average molecular weight is 213 g/mol. The minimum Gasteiger partial charge on any atom is -0.361 e. The van der Waals surface area contributed by atoms with Gasteiger partial charge in [0.1, 0.15) is 6.29 Å².